The van der Waals surface area contributed by atoms with Crippen LogP contribution in [0.25, 0.3) is 0 Å². The van der Waals surface area contributed by atoms with Crippen LogP contribution in [-0.4, -0.2) is 35.3 Å². The first-order chi connectivity index (χ1) is 15.3. The number of halogens is 2. The Morgan fingerprint density at radius 1 is 0.906 bits per heavy atom. The summed E-state index contributed by atoms with van der Waals surface area (Å²) in [6, 6.07) is 13.3. The van der Waals surface area contributed by atoms with Crippen LogP contribution < -0.4 is 10.2 Å². The first-order valence-electron chi connectivity index (χ1n) is 9.20. The zero-order chi connectivity index (χ0) is 22.8. The van der Waals surface area contributed by atoms with E-state index in [1.54, 1.807) is 30.3 Å². The van der Waals surface area contributed by atoms with Crippen LogP contribution in [0, 0.1) is 0 Å². The van der Waals surface area contributed by atoms with Crippen LogP contribution >= 0.6 is 23.2 Å². The summed E-state index contributed by atoms with van der Waals surface area (Å²) >= 11 is 11.6. The van der Waals surface area contributed by atoms with Gasteiger partial charge < -0.3 is 10.1 Å². The summed E-state index contributed by atoms with van der Waals surface area (Å²) in [7, 11) is 0. The van der Waals surface area contributed by atoms with Gasteiger partial charge in [0.05, 0.1) is 27.4 Å². The lowest BCUT2D eigenvalue weighted by Gasteiger charge is -2.13. The summed E-state index contributed by atoms with van der Waals surface area (Å²) in [5.41, 5.74) is 0.611. The molecule has 2 heterocycles. The molecule has 10 heteroatoms. The summed E-state index contributed by atoms with van der Waals surface area (Å²) < 4.78 is 5.00. The number of carbonyl (C=O) groups is 4. The largest absolute Gasteiger partial charge is 0.452 e. The van der Waals surface area contributed by atoms with Crippen LogP contribution in [-0.2, 0) is 9.53 Å². The van der Waals surface area contributed by atoms with Crippen molar-refractivity contribution < 1.29 is 23.9 Å². The SMILES string of the molecule is O=C(COC(=O)c1ccc2c(c1)C(=O)N(c1ccc(Cl)cc1)C2=O)Nc1ccc(Cl)cn1. The molecule has 3 amide bonds. The molecular formula is C22H13Cl2N3O5. The number of nitrogens with one attached hydrogen (secondary N) is 1. The second-order valence-electron chi connectivity index (χ2n) is 6.67. The van der Waals surface area contributed by atoms with Gasteiger partial charge in [-0.3, -0.25) is 14.4 Å². The van der Waals surface area contributed by atoms with Gasteiger partial charge in [-0.1, -0.05) is 23.2 Å². The normalized spacial score (nSPS) is 12.5. The van der Waals surface area contributed by atoms with Gasteiger partial charge in [-0.2, -0.15) is 0 Å². The van der Waals surface area contributed by atoms with E-state index in [0.717, 1.165) is 4.90 Å². The third-order valence-electron chi connectivity index (χ3n) is 4.54. The third-order valence-corrected chi connectivity index (χ3v) is 5.01. The van der Waals surface area contributed by atoms with E-state index >= 15 is 0 Å². The number of carbonyl (C=O) groups excluding carboxylic acids is 4. The smallest absolute Gasteiger partial charge is 0.338 e. The van der Waals surface area contributed by atoms with E-state index in [2.05, 4.69) is 10.3 Å². The number of benzene rings is 2. The minimum atomic E-state index is -0.822. The highest BCUT2D eigenvalue weighted by Gasteiger charge is 2.37. The standard InChI is InChI=1S/C22H13Cl2N3O5/c23-13-2-5-15(6-3-13)27-20(29)16-7-1-12(9-17(16)21(27)30)22(31)32-11-19(28)26-18-8-4-14(24)10-25-18/h1-10H,11H2,(H,25,26,28). The Bertz CT molecular complexity index is 1240. The summed E-state index contributed by atoms with van der Waals surface area (Å²) in [4.78, 5) is 54.7. The molecule has 0 atom stereocenters. The molecule has 160 valence electrons. The number of amides is 3. The van der Waals surface area contributed by atoms with Crippen LogP contribution in [0.3, 0.4) is 0 Å². The zero-order valence-corrected chi connectivity index (χ0v) is 17.7. The Labute approximate surface area is 191 Å². The number of esters is 1. The van der Waals surface area contributed by atoms with E-state index in [0.29, 0.717) is 15.7 Å². The molecule has 0 fully saturated rings. The molecule has 0 saturated carbocycles. The van der Waals surface area contributed by atoms with E-state index < -0.39 is 30.3 Å². The van der Waals surface area contributed by atoms with Crippen molar-refractivity contribution in [2.45, 2.75) is 0 Å². The Morgan fingerprint density at radius 2 is 1.59 bits per heavy atom. The number of aromatic nitrogens is 1. The first kappa shape index (κ1) is 21.5. The molecule has 0 spiro atoms. The molecule has 1 aromatic heterocycles. The summed E-state index contributed by atoms with van der Waals surface area (Å²) in [5.74, 6) is -2.26. The number of nitrogens with zero attached hydrogens (tertiary/aromatic N) is 2. The number of imide groups is 1. The lowest BCUT2D eigenvalue weighted by atomic mass is 10.1. The fourth-order valence-corrected chi connectivity index (χ4v) is 3.27. The Balaban J connectivity index is 1.44. The molecule has 0 unspecified atom stereocenters. The number of hydrogen-bond acceptors (Lipinski definition) is 6. The van der Waals surface area contributed by atoms with Crippen molar-refractivity contribution in [3.63, 3.8) is 0 Å². The van der Waals surface area contributed by atoms with Crippen molar-refractivity contribution in [3.05, 3.63) is 87.5 Å². The molecule has 1 N–H and O–H groups in total. The second kappa shape index (κ2) is 8.78. The van der Waals surface area contributed by atoms with Crippen LogP contribution in [0.5, 0.6) is 0 Å². The Kier molecular flexibility index (Phi) is 5.89. The number of fused-ring (bicyclic) bond motifs is 1. The molecule has 0 bridgehead atoms. The maximum atomic E-state index is 12.8. The van der Waals surface area contributed by atoms with Crippen molar-refractivity contribution >= 4 is 58.4 Å². The molecule has 4 rings (SSSR count). The predicted molar refractivity (Wildman–Crippen MR) is 117 cm³/mol. The minimum absolute atomic E-state index is 0.0280. The van der Waals surface area contributed by atoms with Crippen LogP contribution in [0.4, 0.5) is 11.5 Å². The summed E-state index contributed by atoms with van der Waals surface area (Å²) in [6.45, 7) is -0.565. The number of pyridine rings is 1. The number of anilines is 2. The van der Waals surface area contributed by atoms with E-state index in [-0.39, 0.29) is 22.5 Å². The number of rotatable bonds is 5. The minimum Gasteiger partial charge on any atom is -0.452 e. The van der Waals surface area contributed by atoms with Crippen LogP contribution in [0.2, 0.25) is 10.0 Å². The van der Waals surface area contributed by atoms with Gasteiger partial charge in [-0.05, 0) is 54.6 Å². The van der Waals surface area contributed by atoms with Gasteiger partial charge in [0.2, 0.25) is 0 Å². The third kappa shape index (κ3) is 4.32. The van der Waals surface area contributed by atoms with Crippen molar-refractivity contribution in [2.75, 3.05) is 16.8 Å². The van der Waals surface area contributed by atoms with Gasteiger partial charge >= 0.3 is 5.97 Å². The summed E-state index contributed by atoms with van der Waals surface area (Å²) in [5, 5.41) is 3.33. The van der Waals surface area contributed by atoms with Crippen LogP contribution in [0.15, 0.2) is 60.8 Å². The summed E-state index contributed by atoms with van der Waals surface area (Å²) in [6.07, 6.45) is 1.36. The molecular weight excluding hydrogens is 457 g/mol. The average molecular weight is 470 g/mol. The van der Waals surface area contributed by atoms with Gasteiger partial charge in [0, 0.05) is 11.2 Å². The fourth-order valence-electron chi connectivity index (χ4n) is 3.04. The molecule has 0 radical (unpaired) electrons. The quantitative estimate of drug-likeness (QED) is 0.447. The molecule has 0 saturated heterocycles. The molecule has 2 aromatic carbocycles. The van der Waals surface area contributed by atoms with Gasteiger partial charge in [0.25, 0.3) is 17.7 Å². The highest BCUT2D eigenvalue weighted by Crippen LogP contribution is 2.30. The van der Waals surface area contributed by atoms with Gasteiger partial charge in [0.15, 0.2) is 6.61 Å². The monoisotopic (exact) mass is 469 g/mol. The topological polar surface area (TPSA) is 106 Å². The van der Waals surface area contributed by atoms with E-state index in [1.165, 1.54) is 30.5 Å². The van der Waals surface area contributed by atoms with E-state index in [4.69, 9.17) is 27.9 Å². The van der Waals surface area contributed by atoms with Crippen molar-refractivity contribution in [2.24, 2.45) is 0 Å². The molecule has 8 nitrogen and oxygen atoms in total. The van der Waals surface area contributed by atoms with Crippen molar-refractivity contribution in [1.82, 2.24) is 4.98 Å². The average Bonchev–Trinajstić information content (AvgIpc) is 3.04. The zero-order valence-electron chi connectivity index (χ0n) is 16.2. The van der Waals surface area contributed by atoms with Gasteiger partial charge in [-0.15, -0.1) is 0 Å². The molecule has 32 heavy (non-hydrogen) atoms. The maximum Gasteiger partial charge on any atom is 0.338 e. The fraction of sp³-hybridized carbons (Fsp3) is 0.0455. The van der Waals surface area contributed by atoms with E-state index in [1.807, 2.05) is 0 Å². The highest BCUT2D eigenvalue weighted by molar-refractivity contribution is 6.35. The van der Waals surface area contributed by atoms with Gasteiger partial charge in [0.1, 0.15) is 5.82 Å². The number of ether oxygens (including phenoxy) is 1. The first-order valence-corrected chi connectivity index (χ1v) is 9.96. The van der Waals surface area contributed by atoms with Crippen LogP contribution in [0.1, 0.15) is 31.1 Å². The molecule has 3 aromatic rings. The maximum absolute atomic E-state index is 12.8. The van der Waals surface area contributed by atoms with Crippen molar-refractivity contribution in [1.29, 1.82) is 0 Å². The number of hydrogen-bond donors (Lipinski definition) is 1. The second-order valence-corrected chi connectivity index (χ2v) is 7.54. The lowest BCUT2D eigenvalue weighted by Crippen LogP contribution is -2.29. The Hall–Kier alpha value is -3.75. The molecule has 0 aliphatic carbocycles. The lowest BCUT2D eigenvalue weighted by molar-refractivity contribution is -0.119. The van der Waals surface area contributed by atoms with Gasteiger partial charge in [-0.25, -0.2) is 14.7 Å². The predicted octanol–water partition coefficient (Wildman–Crippen LogP) is 3.98. The highest BCUT2D eigenvalue weighted by atomic mass is 35.5. The molecule has 1 aliphatic heterocycles. The molecule has 1 aliphatic rings. The van der Waals surface area contributed by atoms with Crippen molar-refractivity contribution in [3.8, 4) is 0 Å². The van der Waals surface area contributed by atoms with E-state index in [9.17, 15) is 19.2 Å². The Morgan fingerprint density at radius 3 is 2.28 bits per heavy atom.